The first-order chi connectivity index (χ1) is 8.84. The second kappa shape index (κ2) is 4.71. The number of anilines is 1. The van der Waals surface area contributed by atoms with E-state index in [1.54, 1.807) is 0 Å². The quantitative estimate of drug-likeness (QED) is 0.614. The molecule has 2 rings (SSSR count). The van der Waals surface area contributed by atoms with E-state index in [0.29, 0.717) is 25.1 Å². The number of carbonyl (C=O) groups is 1. The molecule has 3 nitrogen and oxygen atoms in total. The fourth-order valence-electron chi connectivity index (χ4n) is 1.97. The van der Waals surface area contributed by atoms with E-state index in [4.69, 9.17) is 0 Å². The number of rotatable bonds is 2. The van der Waals surface area contributed by atoms with Crippen molar-refractivity contribution in [3.63, 3.8) is 0 Å². The van der Waals surface area contributed by atoms with Crippen LogP contribution in [-0.4, -0.2) is 25.7 Å². The number of ether oxygens (including phenoxy) is 1. The molecule has 1 aliphatic heterocycles. The first kappa shape index (κ1) is 13.6. The Balaban J connectivity index is 2.32. The molecule has 104 valence electrons. The van der Waals surface area contributed by atoms with Crippen LogP contribution in [0.2, 0.25) is 0 Å². The number of hydrogen-bond acceptors (Lipinski definition) is 3. The largest absolute Gasteiger partial charge is 0.467 e. The molecule has 1 aliphatic rings. The smallest absolute Gasteiger partial charge is 0.416 e. The summed E-state index contributed by atoms with van der Waals surface area (Å²) in [7, 11) is 1.18. The Labute approximate surface area is 106 Å². The third-order valence-corrected chi connectivity index (χ3v) is 3.08. The highest BCUT2D eigenvalue weighted by Crippen LogP contribution is 2.36. The van der Waals surface area contributed by atoms with Crippen molar-refractivity contribution in [3.05, 3.63) is 29.6 Å². The minimum absolute atomic E-state index is 0.225. The second-order valence-corrected chi connectivity index (χ2v) is 4.18. The lowest BCUT2D eigenvalue weighted by Crippen LogP contribution is -2.53. The molecule has 7 heteroatoms. The first-order valence-electron chi connectivity index (χ1n) is 5.56. The van der Waals surface area contributed by atoms with Gasteiger partial charge in [-0.3, -0.25) is 0 Å². The highest BCUT2D eigenvalue weighted by Gasteiger charge is 2.38. The third-order valence-electron chi connectivity index (χ3n) is 3.08. The van der Waals surface area contributed by atoms with E-state index < -0.39 is 29.6 Å². The number of methoxy groups -OCH3 is 1. The van der Waals surface area contributed by atoms with Crippen molar-refractivity contribution in [2.24, 2.45) is 0 Å². The second-order valence-electron chi connectivity index (χ2n) is 4.18. The lowest BCUT2D eigenvalue weighted by molar-refractivity contribution is -0.143. The fourth-order valence-corrected chi connectivity index (χ4v) is 1.97. The van der Waals surface area contributed by atoms with E-state index in [1.807, 2.05) is 0 Å². The molecule has 1 aromatic rings. The monoisotopic (exact) mass is 277 g/mol. The topological polar surface area (TPSA) is 29.5 Å². The SMILES string of the molecule is COC(=O)C1CCN1c1cc(C(F)(F)F)ccc1F. The average molecular weight is 277 g/mol. The fraction of sp³-hybridized carbons (Fsp3) is 0.417. The molecule has 0 saturated carbocycles. The Hall–Kier alpha value is -1.79. The van der Waals surface area contributed by atoms with Crippen LogP contribution < -0.4 is 4.90 Å². The van der Waals surface area contributed by atoms with Gasteiger partial charge in [-0.1, -0.05) is 0 Å². The van der Waals surface area contributed by atoms with Gasteiger partial charge in [0.15, 0.2) is 0 Å². The molecule has 1 saturated heterocycles. The Kier molecular flexibility index (Phi) is 3.38. The maximum absolute atomic E-state index is 13.6. The van der Waals surface area contributed by atoms with Gasteiger partial charge in [0.2, 0.25) is 0 Å². The van der Waals surface area contributed by atoms with Crippen molar-refractivity contribution in [2.75, 3.05) is 18.6 Å². The van der Waals surface area contributed by atoms with Gasteiger partial charge in [-0.25, -0.2) is 9.18 Å². The number of alkyl halides is 3. The van der Waals surface area contributed by atoms with Crippen LogP contribution in [0.4, 0.5) is 23.2 Å². The van der Waals surface area contributed by atoms with Crippen LogP contribution in [0.15, 0.2) is 18.2 Å². The Bertz CT molecular complexity index is 501. The lowest BCUT2D eigenvalue weighted by Gasteiger charge is -2.40. The first-order valence-corrected chi connectivity index (χ1v) is 5.56. The van der Waals surface area contributed by atoms with Crippen molar-refractivity contribution in [3.8, 4) is 0 Å². The molecular formula is C12H11F4NO2. The molecule has 0 spiro atoms. The zero-order valence-corrected chi connectivity index (χ0v) is 10.00. The molecular weight excluding hydrogens is 266 g/mol. The zero-order chi connectivity index (χ0) is 14.2. The van der Waals surface area contributed by atoms with E-state index in [9.17, 15) is 22.4 Å². The predicted molar refractivity (Wildman–Crippen MR) is 59.2 cm³/mol. The van der Waals surface area contributed by atoms with Gasteiger partial charge in [0.05, 0.1) is 18.4 Å². The number of halogens is 4. The summed E-state index contributed by atoms with van der Waals surface area (Å²) in [6.07, 6.45) is -4.11. The van der Waals surface area contributed by atoms with Gasteiger partial charge in [0.1, 0.15) is 11.9 Å². The summed E-state index contributed by atoms with van der Waals surface area (Å²) in [6, 6.07) is 1.42. The third kappa shape index (κ3) is 2.50. The molecule has 0 amide bonds. The summed E-state index contributed by atoms with van der Waals surface area (Å²) >= 11 is 0. The van der Waals surface area contributed by atoms with Crippen molar-refractivity contribution in [2.45, 2.75) is 18.6 Å². The summed E-state index contributed by atoms with van der Waals surface area (Å²) in [5.41, 5.74) is -1.17. The van der Waals surface area contributed by atoms with Gasteiger partial charge in [-0.05, 0) is 24.6 Å². The maximum atomic E-state index is 13.6. The summed E-state index contributed by atoms with van der Waals surface area (Å²) < 4.78 is 55.8. The van der Waals surface area contributed by atoms with Crippen LogP contribution in [0.1, 0.15) is 12.0 Å². The van der Waals surface area contributed by atoms with E-state index in [1.165, 1.54) is 12.0 Å². The van der Waals surface area contributed by atoms with Crippen molar-refractivity contribution in [1.29, 1.82) is 0 Å². The molecule has 1 fully saturated rings. The molecule has 1 heterocycles. The van der Waals surface area contributed by atoms with Crippen molar-refractivity contribution < 1.29 is 27.1 Å². The normalized spacial score (nSPS) is 19.0. The number of nitrogens with zero attached hydrogens (tertiary/aromatic N) is 1. The number of esters is 1. The Morgan fingerprint density at radius 1 is 1.42 bits per heavy atom. The van der Waals surface area contributed by atoms with Crippen LogP contribution >= 0.6 is 0 Å². The summed E-state index contributed by atoms with van der Waals surface area (Å²) in [5.74, 6) is -1.37. The summed E-state index contributed by atoms with van der Waals surface area (Å²) in [4.78, 5) is 12.6. The van der Waals surface area contributed by atoms with Crippen LogP contribution in [-0.2, 0) is 15.7 Å². The average Bonchev–Trinajstić information content (AvgIpc) is 2.28. The molecule has 0 aliphatic carbocycles. The predicted octanol–water partition coefficient (Wildman–Crippen LogP) is 2.60. The lowest BCUT2D eigenvalue weighted by atomic mass is 10.0. The summed E-state index contributed by atoms with van der Waals surface area (Å²) in [5, 5.41) is 0. The molecule has 0 radical (unpaired) electrons. The van der Waals surface area contributed by atoms with E-state index >= 15 is 0 Å². The van der Waals surface area contributed by atoms with Gasteiger partial charge < -0.3 is 9.64 Å². The van der Waals surface area contributed by atoms with Crippen LogP contribution in [0.3, 0.4) is 0 Å². The van der Waals surface area contributed by atoms with Gasteiger partial charge >= 0.3 is 12.1 Å². The Morgan fingerprint density at radius 3 is 2.58 bits per heavy atom. The highest BCUT2D eigenvalue weighted by molar-refractivity contribution is 5.82. The van der Waals surface area contributed by atoms with Gasteiger partial charge in [-0.2, -0.15) is 13.2 Å². The molecule has 0 N–H and O–H groups in total. The number of carbonyl (C=O) groups excluding carboxylic acids is 1. The zero-order valence-electron chi connectivity index (χ0n) is 10.00. The molecule has 19 heavy (non-hydrogen) atoms. The molecule has 1 unspecified atom stereocenters. The van der Waals surface area contributed by atoms with E-state index in [2.05, 4.69) is 4.74 Å². The molecule has 0 bridgehead atoms. The minimum atomic E-state index is -4.55. The van der Waals surface area contributed by atoms with Gasteiger partial charge in [0.25, 0.3) is 0 Å². The van der Waals surface area contributed by atoms with Crippen LogP contribution in [0.5, 0.6) is 0 Å². The number of benzene rings is 1. The van der Waals surface area contributed by atoms with Crippen molar-refractivity contribution >= 4 is 11.7 Å². The van der Waals surface area contributed by atoms with Gasteiger partial charge in [-0.15, -0.1) is 0 Å². The van der Waals surface area contributed by atoms with Crippen LogP contribution in [0.25, 0.3) is 0 Å². The van der Waals surface area contributed by atoms with Crippen LogP contribution in [0, 0.1) is 5.82 Å². The van der Waals surface area contributed by atoms with Crippen molar-refractivity contribution in [1.82, 2.24) is 0 Å². The maximum Gasteiger partial charge on any atom is 0.416 e. The number of hydrogen-bond donors (Lipinski definition) is 0. The molecule has 0 aromatic heterocycles. The molecule has 1 atom stereocenters. The molecule has 1 aromatic carbocycles. The highest BCUT2D eigenvalue weighted by atomic mass is 19.4. The Morgan fingerprint density at radius 2 is 2.11 bits per heavy atom. The summed E-state index contributed by atoms with van der Waals surface area (Å²) in [6.45, 7) is 0.317. The van der Waals surface area contributed by atoms with E-state index in [0.717, 1.165) is 6.07 Å². The van der Waals surface area contributed by atoms with Gasteiger partial charge in [0, 0.05) is 6.54 Å². The minimum Gasteiger partial charge on any atom is -0.467 e. The van der Waals surface area contributed by atoms with E-state index in [-0.39, 0.29) is 5.69 Å². The standard InChI is InChI=1S/C12H11F4NO2/c1-19-11(18)9-4-5-17(9)10-6-7(12(14,15)16)2-3-8(10)13/h2-3,6,9H,4-5H2,1H3.